The van der Waals surface area contributed by atoms with E-state index in [9.17, 15) is 4.79 Å². The van der Waals surface area contributed by atoms with Gasteiger partial charge in [0.25, 0.3) is 5.91 Å². The Morgan fingerprint density at radius 3 is 2.71 bits per heavy atom. The number of hydrogen-bond acceptors (Lipinski definition) is 5. The van der Waals surface area contributed by atoms with Crippen molar-refractivity contribution in [2.45, 2.75) is 12.8 Å². The lowest BCUT2D eigenvalue weighted by molar-refractivity contribution is 0.0944. The second-order valence-electron chi connectivity index (χ2n) is 5.20. The van der Waals surface area contributed by atoms with Crippen molar-refractivity contribution in [1.29, 1.82) is 0 Å². The van der Waals surface area contributed by atoms with Gasteiger partial charge in [0.1, 0.15) is 6.33 Å². The van der Waals surface area contributed by atoms with E-state index in [2.05, 4.69) is 26.2 Å². The molecule has 21 heavy (non-hydrogen) atoms. The highest BCUT2D eigenvalue weighted by Gasteiger charge is 2.14. The van der Waals surface area contributed by atoms with Crippen molar-refractivity contribution in [3.63, 3.8) is 0 Å². The van der Waals surface area contributed by atoms with Gasteiger partial charge in [0.2, 0.25) is 0 Å². The second kappa shape index (κ2) is 6.45. The first-order chi connectivity index (χ1) is 10.3. The number of nitrogens with one attached hydrogen (secondary N) is 2. The minimum Gasteiger partial charge on any atom is -0.352 e. The lowest BCUT2D eigenvalue weighted by atomic mass is 9.98. The summed E-state index contributed by atoms with van der Waals surface area (Å²) in [6, 6.07) is 7.23. The zero-order chi connectivity index (χ0) is 14.5. The molecule has 7 nitrogen and oxygen atoms in total. The molecule has 0 atom stereocenters. The highest BCUT2D eigenvalue weighted by Crippen LogP contribution is 2.11. The average Bonchev–Trinajstić information content (AvgIpc) is 3.08. The van der Waals surface area contributed by atoms with Crippen molar-refractivity contribution in [2.75, 3.05) is 19.6 Å². The van der Waals surface area contributed by atoms with Gasteiger partial charge < -0.3 is 10.6 Å². The van der Waals surface area contributed by atoms with Gasteiger partial charge in [0.15, 0.2) is 0 Å². The first-order valence-electron chi connectivity index (χ1n) is 7.15. The third kappa shape index (κ3) is 3.43. The third-order valence-corrected chi connectivity index (χ3v) is 3.75. The molecule has 110 valence electrons. The van der Waals surface area contributed by atoms with E-state index in [0.717, 1.165) is 38.2 Å². The summed E-state index contributed by atoms with van der Waals surface area (Å²) in [7, 11) is 0. The lowest BCUT2D eigenvalue weighted by Crippen LogP contribution is -2.35. The molecule has 2 N–H and O–H groups in total. The van der Waals surface area contributed by atoms with E-state index in [1.165, 1.54) is 6.33 Å². The number of benzene rings is 1. The van der Waals surface area contributed by atoms with Crippen LogP contribution in [0.3, 0.4) is 0 Å². The van der Waals surface area contributed by atoms with Crippen LogP contribution in [0.15, 0.2) is 30.6 Å². The van der Waals surface area contributed by atoms with Crippen LogP contribution in [-0.2, 0) is 0 Å². The molecule has 0 spiro atoms. The first-order valence-corrected chi connectivity index (χ1v) is 7.15. The van der Waals surface area contributed by atoms with E-state index in [0.29, 0.717) is 11.5 Å². The molecule has 0 saturated carbocycles. The highest BCUT2D eigenvalue weighted by molar-refractivity contribution is 5.94. The number of carbonyl (C=O) groups is 1. The Balaban J connectivity index is 1.57. The predicted molar refractivity (Wildman–Crippen MR) is 77.1 cm³/mol. The van der Waals surface area contributed by atoms with Gasteiger partial charge in [0, 0.05) is 12.1 Å². The fourth-order valence-corrected chi connectivity index (χ4v) is 2.47. The zero-order valence-electron chi connectivity index (χ0n) is 11.7. The fourth-order valence-electron chi connectivity index (χ4n) is 2.47. The molecule has 1 aliphatic rings. The Morgan fingerprint density at radius 1 is 1.29 bits per heavy atom. The molecule has 0 radical (unpaired) electrons. The monoisotopic (exact) mass is 286 g/mol. The average molecular weight is 286 g/mol. The Hall–Kier alpha value is -2.28. The number of amides is 1. The van der Waals surface area contributed by atoms with Crippen molar-refractivity contribution < 1.29 is 4.79 Å². The number of aromatic nitrogens is 4. The van der Waals surface area contributed by atoms with Crippen LogP contribution < -0.4 is 10.6 Å². The Bertz CT molecular complexity index is 574. The summed E-state index contributed by atoms with van der Waals surface area (Å²) in [5.74, 6) is 0.549. The normalized spacial score (nSPS) is 15.8. The predicted octanol–water partition coefficient (Wildman–Crippen LogP) is 0.392. The molecule has 0 bridgehead atoms. The highest BCUT2D eigenvalue weighted by atomic mass is 16.1. The standard InChI is InChI=1S/C14H18N6O/c21-14(16-9-11-5-7-15-8-6-11)12-1-3-13(4-2-12)20-10-17-18-19-20/h1-4,10-11,15H,5-9H2,(H,16,21). The van der Waals surface area contributed by atoms with Gasteiger partial charge in [-0.1, -0.05) is 0 Å². The minimum absolute atomic E-state index is 0.0307. The van der Waals surface area contributed by atoms with Crippen LogP contribution in [0.2, 0.25) is 0 Å². The number of hydrogen-bond donors (Lipinski definition) is 2. The summed E-state index contributed by atoms with van der Waals surface area (Å²) in [5.41, 5.74) is 1.48. The van der Waals surface area contributed by atoms with Gasteiger partial charge in [0.05, 0.1) is 5.69 Å². The first kappa shape index (κ1) is 13.7. The van der Waals surface area contributed by atoms with E-state index in [-0.39, 0.29) is 5.91 Å². The number of piperidine rings is 1. The van der Waals surface area contributed by atoms with Crippen molar-refractivity contribution >= 4 is 5.91 Å². The van der Waals surface area contributed by atoms with Crippen molar-refractivity contribution in [3.05, 3.63) is 36.2 Å². The van der Waals surface area contributed by atoms with Crippen molar-refractivity contribution in [1.82, 2.24) is 30.8 Å². The maximum atomic E-state index is 12.1. The number of rotatable bonds is 4. The van der Waals surface area contributed by atoms with Crippen LogP contribution in [0.1, 0.15) is 23.2 Å². The summed E-state index contributed by atoms with van der Waals surface area (Å²) in [6.07, 6.45) is 3.77. The topological polar surface area (TPSA) is 84.7 Å². The molecule has 0 aliphatic carbocycles. The van der Waals surface area contributed by atoms with Gasteiger partial charge in [-0.25, -0.2) is 4.68 Å². The smallest absolute Gasteiger partial charge is 0.251 e. The summed E-state index contributed by atoms with van der Waals surface area (Å²) >= 11 is 0. The van der Waals surface area contributed by atoms with Gasteiger partial charge in [-0.15, -0.1) is 5.10 Å². The van der Waals surface area contributed by atoms with Gasteiger partial charge in [-0.2, -0.15) is 0 Å². The molecule has 3 rings (SSSR count). The molecule has 1 amide bonds. The van der Waals surface area contributed by atoms with E-state index in [1.807, 2.05) is 12.1 Å². The number of carbonyl (C=O) groups excluding carboxylic acids is 1. The SMILES string of the molecule is O=C(NCC1CCNCC1)c1ccc(-n2cnnn2)cc1. The Morgan fingerprint density at radius 2 is 2.05 bits per heavy atom. The Kier molecular flexibility index (Phi) is 4.20. The summed E-state index contributed by atoms with van der Waals surface area (Å²) in [4.78, 5) is 12.1. The molecule has 1 aliphatic heterocycles. The van der Waals surface area contributed by atoms with Crippen LogP contribution in [0.4, 0.5) is 0 Å². The lowest BCUT2D eigenvalue weighted by Gasteiger charge is -2.22. The molecule has 1 saturated heterocycles. The maximum Gasteiger partial charge on any atom is 0.251 e. The fraction of sp³-hybridized carbons (Fsp3) is 0.429. The van der Waals surface area contributed by atoms with Gasteiger partial charge in [-0.3, -0.25) is 4.79 Å². The molecule has 2 aromatic rings. The van der Waals surface area contributed by atoms with Crippen LogP contribution >= 0.6 is 0 Å². The van der Waals surface area contributed by atoms with Crippen LogP contribution in [0, 0.1) is 5.92 Å². The molecule has 1 fully saturated rings. The number of nitrogens with zero attached hydrogens (tertiary/aromatic N) is 4. The van der Waals surface area contributed by atoms with E-state index in [4.69, 9.17) is 0 Å². The summed E-state index contributed by atoms with van der Waals surface area (Å²) < 4.78 is 1.55. The van der Waals surface area contributed by atoms with E-state index >= 15 is 0 Å². The third-order valence-electron chi connectivity index (χ3n) is 3.75. The summed E-state index contributed by atoms with van der Waals surface area (Å²) in [6.45, 7) is 2.83. The molecule has 1 aromatic heterocycles. The molecule has 7 heteroatoms. The molecule has 0 unspecified atom stereocenters. The van der Waals surface area contributed by atoms with Crippen LogP contribution in [0.5, 0.6) is 0 Å². The van der Waals surface area contributed by atoms with Crippen LogP contribution in [-0.4, -0.2) is 45.7 Å². The zero-order valence-corrected chi connectivity index (χ0v) is 11.7. The number of tetrazole rings is 1. The molecular weight excluding hydrogens is 268 g/mol. The quantitative estimate of drug-likeness (QED) is 0.849. The largest absolute Gasteiger partial charge is 0.352 e. The van der Waals surface area contributed by atoms with Gasteiger partial charge >= 0.3 is 0 Å². The van der Waals surface area contributed by atoms with E-state index in [1.54, 1.807) is 16.8 Å². The molecule has 1 aromatic carbocycles. The van der Waals surface area contributed by atoms with Gasteiger partial charge in [-0.05, 0) is 66.5 Å². The van der Waals surface area contributed by atoms with Crippen molar-refractivity contribution in [3.8, 4) is 5.69 Å². The Labute approximate surface area is 122 Å². The molecule has 2 heterocycles. The minimum atomic E-state index is -0.0307. The second-order valence-corrected chi connectivity index (χ2v) is 5.20. The maximum absolute atomic E-state index is 12.1. The van der Waals surface area contributed by atoms with Crippen molar-refractivity contribution in [2.24, 2.45) is 5.92 Å². The molecular formula is C14H18N6O. The van der Waals surface area contributed by atoms with Crippen LogP contribution in [0.25, 0.3) is 5.69 Å². The summed E-state index contributed by atoms with van der Waals surface area (Å²) in [5, 5.41) is 17.3. The van der Waals surface area contributed by atoms with E-state index < -0.39 is 0 Å².